The lowest BCUT2D eigenvalue weighted by atomic mass is 9.98. The van der Waals surface area contributed by atoms with Gasteiger partial charge in [-0.15, -0.1) is 0 Å². The van der Waals surface area contributed by atoms with Gasteiger partial charge in [0.1, 0.15) is 6.29 Å². The van der Waals surface area contributed by atoms with Crippen LogP contribution in [0.5, 0.6) is 0 Å². The van der Waals surface area contributed by atoms with E-state index in [1.807, 2.05) is 6.08 Å². The van der Waals surface area contributed by atoms with Gasteiger partial charge in [0.2, 0.25) is 0 Å². The summed E-state index contributed by atoms with van der Waals surface area (Å²) in [6, 6.07) is 0. The second-order valence-electron chi connectivity index (χ2n) is 5.75. The molecule has 22 heavy (non-hydrogen) atoms. The number of unbranched alkanes of at least 4 members (excludes halogenated alkanes) is 5. The van der Waals surface area contributed by atoms with Gasteiger partial charge >= 0.3 is 0 Å². The van der Waals surface area contributed by atoms with Crippen LogP contribution in [0.3, 0.4) is 0 Å². The van der Waals surface area contributed by atoms with Crippen LogP contribution in [-0.2, 0) is 25.9 Å². The smallest absolute Gasteiger partial charge is 0.145 e. The van der Waals surface area contributed by atoms with Crippen molar-refractivity contribution in [2.75, 3.05) is 25.6 Å². The van der Waals surface area contributed by atoms with Gasteiger partial charge in [0.05, 0.1) is 30.1 Å². The molecular weight excluding hydrogens is 316 g/mol. The van der Waals surface area contributed by atoms with Gasteiger partial charge in [-0.2, -0.15) is 0 Å². The minimum atomic E-state index is 0.268. The fourth-order valence-corrected chi connectivity index (χ4v) is 3.33. The van der Waals surface area contributed by atoms with E-state index < -0.39 is 0 Å². The van der Waals surface area contributed by atoms with Crippen molar-refractivity contribution in [3.63, 3.8) is 0 Å². The second-order valence-corrected chi connectivity index (χ2v) is 7.31. The van der Waals surface area contributed by atoms with Crippen LogP contribution in [0, 0.1) is 0 Å². The number of hydrogen-bond donors (Lipinski definition) is 0. The fraction of sp³-hybridized carbons (Fsp3) is 0.824. The van der Waals surface area contributed by atoms with Crippen LogP contribution in [0.4, 0.5) is 0 Å². The van der Waals surface area contributed by atoms with Gasteiger partial charge in [-0.05, 0) is 37.7 Å². The highest BCUT2D eigenvalue weighted by Gasteiger charge is 2.13. The molecule has 0 heterocycles. The first-order valence-corrected chi connectivity index (χ1v) is 10.7. The van der Waals surface area contributed by atoms with Crippen molar-refractivity contribution in [3.05, 3.63) is 11.6 Å². The topological polar surface area (TPSA) is 35.5 Å². The van der Waals surface area contributed by atoms with Crippen LogP contribution >= 0.6 is 10.8 Å². The lowest BCUT2D eigenvalue weighted by Crippen LogP contribution is -2.19. The molecule has 0 aromatic carbocycles. The average molecular weight is 348 g/mol. The number of hydrogen-bond acceptors (Lipinski definition) is 4. The molecule has 0 aromatic heterocycles. The zero-order valence-corrected chi connectivity index (χ0v) is 15.4. The number of carbonyl (C=O) groups excluding carboxylic acids is 1. The summed E-state index contributed by atoms with van der Waals surface area (Å²) in [6.07, 6.45) is 13.6. The average Bonchev–Trinajstić information content (AvgIpc) is 2.56. The van der Waals surface area contributed by atoms with Crippen molar-refractivity contribution in [3.8, 4) is 0 Å². The van der Waals surface area contributed by atoms with Gasteiger partial charge in [0, 0.05) is 24.0 Å². The van der Waals surface area contributed by atoms with Gasteiger partial charge in [-0.1, -0.05) is 31.8 Å². The zero-order valence-electron chi connectivity index (χ0n) is 13.6. The highest BCUT2D eigenvalue weighted by Crippen LogP contribution is 2.19. The van der Waals surface area contributed by atoms with Crippen LogP contribution < -0.4 is 0 Å². The molecule has 1 atom stereocenters. The highest BCUT2D eigenvalue weighted by molar-refractivity contribution is 8.59. The second kappa shape index (κ2) is 14.6. The predicted molar refractivity (Wildman–Crippen MR) is 98.9 cm³/mol. The first kappa shape index (κ1) is 20.1. The van der Waals surface area contributed by atoms with Gasteiger partial charge in [-0.3, -0.25) is 4.79 Å². The molecule has 0 spiro atoms. The van der Waals surface area contributed by atoms with E-state index in [9.17, 15) is 4.79 Å². The molecule has 0 radical (unpaired) electrons. The molecule has 5 heteroatoms. The number of ether oxygens (including phenoxy) is 2. The maximum absolute atomic E-state index is 10.6. The third-order valence-electron chi connectivity index (χ3n) is 3.92. The SMILES string of the molecule is O=CC1=CCC(OCCOCCCCCCCCS[SH2+])CC1. The normalized spacial score (nSPS) is 18.2. The zero-order chi connectivity index (χ0) is 15.9. The fourth-order valence-electron chi connectivity index (χ4n) is 2.55. The van der Waals surface area contributed by atoms with Gasteiger partial charge in [0.15, 0.2) is 0 Å². The summed E-state index contributed by atoms with van der Waals surface area (Å²) < 4.78 is 11.4. The van der Waals surface area contributed by atoms with Crippen LogP contribution in [0.25, 0.3) is 0 Å². The summed E-state index contributed by atoms with van der Waals surface area (Å²) in [6.45, 7) is 2.20. The molecule has 0 amide bonds. The summed E-state index contributed by atoms with van der Waals surface area (Å²) in [4.78, 5) is 10.6. The molecule has 128 valence electrons. The number of aldehydes is 1. The van der Waals surface area contributed by atoms with Crippen LogP contribution in [0.2, 0.25) is 0 Å². The van der Waals surface area contributed by atoms with E-state index in [0.717, 1.165) is 44.1 Å². The molecule has 1 aliphatic rings. The molecule has 0 aromatic rings. The first-order valence-electron chi connectivity index (χ1n) is 8.49. The Hall–Kier alpha value is 0.0300. The summed E-state index contributed by atoms with van der Waals surface area (Å²) in [5.74, 6) is 1.22. The molecule has 1 aliphatic carbocycles. The maximum Gasteiger partial charge on any atom is 0.145 e. The largest absolute Gasteiger partial charge is 0.379 e. The Morgan fingerprint density at radius 1 is 1.14 bits per heavy atom. The Labute approximate surface area is 144 Å². The van der Waals surface area contributed by atoms with Crippen molar-refractivity contribution in [1.29, 1.82) is 0 Å². The van der Waals surface area contributed by atoms with Crippen LogP contribution in [0.1, 0.15) is 57.8 Å². The summed E-state index contributed by atoms with van der Waals surface area (Å²) >= 11 is 3.42. The third-order valence-corrected chi connectivity index (χ3v) is 5.02. The molecule has 0 fully saturated rings. The van der Waals surface area contributed by atoms with Crippen molar-refractivity contribution >= 4 is 28.7 Å². The van der Waals surface area contributed by atoms with Crippen LogP contribution in [0.15, 0.2) is 11.6 Å². The lowest BCUT2D eigenvalue weighted by molar-refractivity contribution is -0.105. The Morgan fingerprint density at radius 3 is 2.59 bits per heavy atom. The van der Waals surface area contributed by atoms with Crippen molar-refractivity contribution in [2.45, 2.75) is 63.9 Å². The molecule has 0 bridgehead atoms. The predicted octanol–water partition coefficient (Wildman–Crippen LogP) is 3.70. The Bertz CT molecular complexity index is 308. The number of carbonyl (C=O) groups is 1. The summed E-state index contributed by atoms with van der Waals surface area (Å²) in [7, 11) is 1.75. The van der Waals surface area contributed by atoms with E-state index in [2.05, 4.69) is 11.7 Å². The van der Waals surface area contributed by atoms with Crippen molar-refractivity contribution in [1.82, 2.24) is 0 Å². The molecule has 1 unspecified atom stereocenters. The number of rotatable bonds is 14. The van der Waals surface area contributed by atoms with Gasteiger partial charge in [0.25, 0.3) is 0 Å². The van der Waals surface area contributed by atoms with Crippen molar-refractivity contribution < 1.29 is 14.3 Å². The molecule has 1 rings (SSSR count). The van der Waals surface area contributed by atoms with Gasteiger partial charge in [-0.25, -0.2) is 0 Å². The molecule has 3 nitrogen and oxygen atoms in total. The molecule has 0 saturated heterocycles. The van der Waals surface area contributed by atoms with E-state index in [0.29, 0.717) is 13.2 Å². The minimum absolute atomic E-state index is 0.268. The van der Waals surface area contributed by atoms with E-state index in [1.165, 1.54) is 37.9 Å². The summed E-state index contributed by atoms with van der Waals surface area (Å²) in [5.41, 5.74) is 0.918. The third kappa shape index (κ3) is 10.7. The van der Waals surface area contributed by atoms with Gasteiger partial charge < -0.3 is 9.47 Å². The maximum atomic E-state index is 10.6. The Morgan fingerprint density at radius 2 is 1.91 bits per heavy atom. The van der Waals surface area contributed by atoms with E-state index in [1.54, 1.807) is 10.8 Å². The highest BCUT2D eigenvalue weighted by atomic mass is 33.1. The summed E-state index contributed by atoms with van der Waals surface area (Å²) in [5, 5.41) is 0. The quantitative estimate of drug-likeness (QED) is 0.208. The van der Waals surface area contributed by atoms with E-state index in [-0.39, 0.29) is 6.10 Å². The first-order chi connectivity index (χ1) is 10.9. The standard InChI is InChI=1S/C17H30O3S2/c18-15-16-7-9-17(10-8-16)20-13-12-19-11-5-3-1-2-4-6-14-22-21/h7,15,17,21H,1-6,8-14H2/p+1. The van der Waals surface area contributed by atoms with E-state index >= 15 is 0 Å². The Balaban J connectivity index is 1.79. The molecule has 0 saturated carbocycles. The lowest BCUT2D eigenvalue weighted by Gasteiger charge is -2.20. The van der Waals surface area contributed by atoms with E-state index in [4.69, 9.17) is 9.47 Å². The number of allylic oxidation sites excluding steroid dienone is 1. The molecular formula is C17H31O3S2+. The van der Waals surface area contributed by atoms with Crippen molar-refractivity contribution in [2.24, 2.45) is 0 Å². The Kier molecular flexibility index (Phi) is 13.3. The molecule has 0 N–H and O–H groups in total. The minimum Gasteiger partial charge on any atom is -0.379 e. The van der Waals surface area contributed by atoms with Crippen LogP contribution in [-0.4, -0.2) is 38.0 Å². The molecule has 0 aliphatic heterocycles. The monoisotopic (exact) mass is 347 g/mol.